The molecule has 0 aliphatic carbocycles. The van der Waals surface area contributed by atoms with Gasteiger partial charge in [-0.3, -0.25) is 0 Å². The van der Waals surface area contributed by atoms with E-state index >= 15 is 0 Å². The molecule has 0 aliphatic heterocycles. The molecule has 1 heterocycles. The average Bonchev–Trinajstić information content (AvgIpc) is 3.15. The zero-order chi connectivity index (χ0) is 22.2. The van der Waals surface area contributed by atoms with Crippen molar-refractivity contribution in [1.29, 1.82) is 0 Å². The number of carbonyl (C=O) groups excluding carboxylic acids is 1. The molecule has 0 aliphatic rings. The van der Waals surface area contributed by atoms with E-state index in [2.05, 4.69) is 10.6 Å². The van der Waals surface area contributed by atoms with E-state index in [9.17, 15) is 23.1 Å². The lowest BCUT2D eigenvalue weighted by Crippen LogP contribution is -2.20. The second kappa shape index (κ2) is 7.88. The van der Waals surface area contributed by atoms with Crippen molar-refractivity contribution < 1.29 is 23.1 Å². The number of fused-ring (bicyclic) bond motifs is 1. The third-order valence-corrected chi connectivity index (χ3v) is 4.97. The number of phenolic OH excluding ortho intramolecular Hbond substituents is 1. The Labute approximate surface area is 179 Å². The molecular weight excluding hydrogens is 431 g/mol. The standard InChI is InChI=1S/C22H15ClF3N3O2/c23-18-9-6-14(12-17(18)22(24,25)26)28-21(31)27-13-4-7-15(8-5-13)29-11-10-16-19(29)2-1-3-20(16)30/h1-12,30H,(H2,27,28,31). The van der Waals surface area contributed by atoms with Crippen molar-refractivity contribution in [3.63, 3.8) is 0 Å². The maximum Gasteiger partial charge on any atom is 0.417 e. The normalized spacial score (nSPS) is 11.5. The number of urea groups is 1. The van der Waals surface area contributed by atoms with Crippen molar-refractivity contribution in [1.82, 2.24) is 4.57 Å². The predicted molar refractivity (Wildman–Crippen MR) is 114 cm³/mol. The van der Waals surface area contributed by atoms with Gasteiger partial charge in [-0.25, -0.2) is 4.79 Å². The molecule has 0 bridgehead atoms. The molecule has 4 rings (SSSR count). The first-order chi connectivity index (χ1) is 14.7. The Hall–Kier alpha value is -3.65. The van der Waals surface area contributed by atoms with E-state index in [-0.39, 0.29) is 11.4 Å². The fourth-order valence-corrected chi connectivity index (χ4v) is 3.42. The third kappa shape index (κ3) is 4.29. The van der Waals surface area contributed by atoms with Crippen LogP contribution in [0.15, 0.2) is 72.9 Å². The number of aromatic nitrogens is 1. The SMILES string of the molecule is O=C(Nc1ccc(-n2ccc3c(O)cccc32)cc1)Nc1ccc(Cl)c(C(F)(F)F)c1. The monoisotopic (exact) mass is 445 g/mol. The molecule has 5 nitrogen and oxygen atoms in total. The highest BCUT2D eigenvalue weighted by molar-refractivity contribution is 6.31. The Bertz CT molecular complexity index is 1270. The predicted octanol–water partition coefficient (Wildman–Crippen LogP) is 6.65. The van der Waals surface area contributed by atoms with Crippen LogP contribution in [0, 0.1) is 0 Å². The summed E-state index contributed by atoms with van der Waals surface area (Å²) in [6.07, 6.45) is -2.81. The van der Waals surface area contributed by atoms with Crippen LogP contribution >= 0.6 is 11.6 Å². The van der Waals surface area contributed by atoms with Gasteiger partial charge in [-0.2, -0.15) is 13.2 Å². The molecule has 0 fully saturated rings. The van der Waals surface area contributed by atoms with Gasteiger partial charge in [-0.05, 0) is 60.7 Å². The zero-order valence-corrected chi connectivity index (χ0v) is 16.5. The first-order valence-electron chi connectivity index (χ1n) is 9.06. The van der Waals surface area contributed by atoms with Crippen LogP contribution in [0.25, 0.3) is 16.6 Å². The average molecular weight is 446 g/mol. The van der Waals surface area contributed by atoms with Crippen LogP contribution in [0.4, 0.5) is 29.3 Å². The molecule has 2 amide bonds. The molecule has 31 heavy (non-hydrogen) atoms. The van der Waals surface area contributed by atoms with E-state index in [1.165, 1.54) is 6.07 Å². The molecule has 0 spiro atoms. The number of phenols is 1. The molecule has 4 aromatic rings. The van der Waals surface area contributed by atoms with Crippen molar-refractivity contribution in [2.45, 2.75) is 6.18 Å². The van der Waals surface area contributed by atoms with Gasteiger partial charge in [0, 0.05) is 28.6 Å². The Balaban J connectivity index is 1.48. The first-order valence-corrected chi connectivity index (χ1v) is 9.44. The van der Waals surface area contributed by atoms with E-state index in [1.54, 1.807) is 42.5 Å². The molecular formula is C22H15ClF3N3O2. The summed E-state index contributed by atoms with van der Waals surface area (Å²) < 4.78 is 40.8. The molecule has 0 unspecified atom stereocenters. The van der Waals surface area contributed by atoms with Gasteiger partial charge in [0.1, 0.15) is 5.75 Å². The quantitative estimate of drug-likeness (QED) is 0.330. The molecule has 158 valence electrons. The molecule has 0 atom stereocenters. The first kappa shape index (κ1) is 20.6. The number of rotatable bonds is 3. The number of aromatic hydroxyl groups is 1. The largest absolute Gasteiger partial charge is 0.507 e. The Morgan fingerprint density at radius 3 is 2.32 bits per heavy atom. The summed E-state index contributed by atoms with van der Waals surface area (Å²) in [4.78, 5) is 12.2. The van der Waals surface area contributed by atoms with Crippen molar-refractivity contribution >= 4 is 39.9 Å². The van der Waals surface area contributed by atoms with Gasteiger partial charge in [0.25, 0.3) is 0 Å². The van der Waals surface area contributed by atoms with Crippen LogP contribution in [0.1, 0.15) is 5.56 Å². The van der Waals surface area contributed by atoms with Gasteiger partial charge in [0.05, 0.1) is 16.1 Å². The van der Waals surface area contributed by atoms with Crippen molar-refractivity contribution in [2.24, 2.45) is 0 Å². The highest BCUT2D eigenvalue weighted by Crippen LogP contribution is 2.36. The zero-order valence-electron chi connectivity index (χ0n) is 15.7. The Morgan fingerprint density at radius 2 is 1.61 bits per heavy atom. The number of alkyl halides is 3. The van der Waals surface area contributed by atoms with E-state index in [4.69, 9.17) is 11.6 Å². The Kier molecular flexibility index (Phi) is 5.24. The summed E-state index contributed by atoms with van der Waals surface area (Å²) in [6.45, 7) is 0. The topological polar surface area (TPSA) is 66.3 Å². The molecule has 0 saturated carbocycles. The summed E-state index contributed by atoms with van der Waals surface area (Å²) >= 11 is 5.59. The molecule has 0 radical (unpaired) electrons. The van der Waals surface area contributed by atoms with Crippen LogP contribution in [0.5, 0.6) is 5.75 Å². The molecule has 3 aromatic carbocycles. The smallest absolute Gasteiger partial charge is 0.417 e. The van der Waals surface area contributed by atoms with Crippen LogP contribution in [-0.4, -0.2) is 15.7 Å². The van der Waals surface area contributed by atoms with Crippen LogP contribution in [0.2, 0.25) is 5.02 Å². The summed E-state index contributed by atoms with van der Waals surface area (Å²) in [5.74, 6) is 0.182. The lowest BCUT2D eigenvalue weighted by molar-refractivity contribution is -0.137. The number of amides is 2. The number of nitrogens with one attached hydrogen (secondary N) is 2. The summed E-state index contributed by atoms with van der Waals surface area (Å²) in [6, 6.07) is 16.3. The minimum atomic E-state index is -4.62. The number of hydrogen-bond donors (Lipinski definition) is 3. The number of anilines is 2. The van der Waals surface area contributed by atoms with E-state index in [0.717, 1.165) is 23.3 Å². The van der Waals surface area contributed by atoms with Gasteiger partial charge < -0.3 is 20.3 Å². The van der Waals surface area contributed by atoms with Crippen molar-refractivity contribution in [3.8, 4) is 11.4 Å². The summed E-state index contributed by atoms with van der Waals surface area (Å²) in [7, 11) is 0. The van der Waals surface area contributed by atoms with Crippen LogP contribution in [-0.2, 0) is 6.18 Å². The van der Waals surface area contributed by atoms with Crippen molar-refractivity contribution in [3.05, 3.63) is 83.5 Å². The molecule has 1 aromatic heterocycles. The molecule has 3 N–H and O–H groups in total. The number of carbonyl (C=O) groups is 1. The number of nitrogens with zero attached hydrogens (tertiary/aromatic N) is 1. The fourth-order valence-electron chi connectivity index (χ4n) is 3.20. The minimum Gasteiger partial charge on any atom is -0.507 e. The van der Waals surface area contributed by atoms with Gasteiger partial charge >= 0.3 is 12.2 Å². The Morgan fingerprint density at radius 1 is 0.935 bits per heavy atom. The second-order valence-corrected chi connectivity index (χ2v) is 7.12. The lowest BCUT2D eigenvalue weighted by Gasteiger charge is -2.13. The highest BCUT2D eigenvalue weighted by Gasteiger charge is 2.33. The summed E-state index contributed by atoms with van der Waals surface area (Å²) in [5.41, 5.74) is 1.01. The third-order valence-electron chi connectivity index (χ3n) is 4.64. The highest BCUT2D eigenvalue weighted by atomic mass is 35.5. The van der Waals surface area contributed by atoms with Crippen molar-refractivity contribution in [2.75, 3.05) is 10.6 Å². The minimum absolute atomic E-state index is 0.0375. The number of halogens is 4. The van der Waals surface area contributed by atoms with E-state index in [1.807, 2.05) is 16.8 Å². The van der Waals surface area contributed by atoms with Gasteiger partial charge in [0.15, 0.2) is 0 Å². The fraction of sp³-hybridized carbons (Fsp3) is 0.0455. The van der Waals surface area contributed by atoms with Crippen LogP contribution < -0.4 is 10.6 Å². The van der Waals surface area contributed by atoms with E-state index in [0.29, 0.717) is 11.1 Å². The maximum atomic E-state index is 13.0. The van der Waals surface area contributed by atoms with Gasteiger partial charge in [-0.15, -0.1) is 0 Å². The molecule has 9 heteroatoms. The number of hydrogen-bond acceptors (Lipinski definition) is 2. The van der Waals surface area contributed by atoms with E-state index < -0.39 is 22.8 Å². The molecule has 0 saturated heterocycles. The second-order valence-electron chi connectivity index (χ2n) is 6.71. The van der Waals surface area contributed by atoms with Gasteiger partial charge in [0.2, 0.25) is 0 Å². The maximum absolute atomic E-state index is 13.0. The van der Waals surface area contributed by atoms with Gasteiger partial charge in [-0.1, -0.05) is 17.7 Å². The number of benzene rings is 3. The summed E-state index contributed by atoms with van der Waals surface area (Å²) in [5, 5.41) is 15.1. The lowest BCUT2D eigenvalue weighted by atomic mass is 10.2. The van der Waals surface area contributed by atoms with Crippen LogP contribution in [0.3, 0.4) is 0 Å².